The van der Waals surface area contributed by atoms with E-state index in [0.29, 0.717) is 0 Å². The fraction of sp³-hybridized carbons (Fsp3) is 0.118. The van der Waals surface area contributed by atoms with Gasteiger partial charge in [-0.15, -0.1) is 0 Å². The number of rotatable bonds is 5. The number of alkyl halides is 3. The zero-order chi connectivity index (χ0) is 19.4. The Bertz CT molecular complexity index is 920. The van der Waals surface area contributed by atoms with Crippen LogP contribution < -0.4 is 4.72 Å². The van der Waals surface area contributed by atoms with Crippen molar-refractivity contribution in [2.75, 3.05) is 11.8 Å². The summed E-state index contributed by atoms with van der Waals surface area (Å²) in [7, 11) is -2.73. The molecule has 2 aromatic rings. The van der Waals surface area contributed by atoms with E-state index in [4.69, 9.17) is 0 Å². The second-order valence-corrected chi connectivity index (χ2v) is 6.71. The van der Waals surface area contributed by atoms with Gasteiger partial charge in [0.15, 0.2) is 0 Å². The Labute approximate surface area is 148 Å². The second kappa shape index (κ2) is 7.61. The molecule has 0 aliphatic heterocycles. The molecule has 2 rings (SSSR count). The van der Waals surface area contributed by atoms with Crippen molar-refractivity contribution in [1.29, 1.82) is 0 Å². The van der Waals surface area contributed by atoms with E-state index in [2.05, 4.69) is 9.46 Å². The molecule has 0 saturated carbocycles. The summed E-state index contributed by atoms with van der Waals surface area (Å²) in [5.41, 5.74) is -0.351. The lowest BCUT2D eigenvalue weighted by molar-refractivity contribution is -0.137. The SMILES string of the molecule is COC(=O)c1ccc(NS(=O)(=O)/C=C/c2cccc(C(F)(F)F)c2)cc1. The molecule has 1 N–H and O–H groups in total. The van der Waals surface area contributed by atoms with Gasteiger partial charge in [0.2, 0.25) is 0 Å². The monoisotopic (exact) mass is 385 g/mol. The first-order chi connectivity index (χ1) is 12.1. The van der Waals surface area contributed by atoms with Crippen LogP contribution in [-0.4, -0.2) is 21.5 Å². The normalized spacial score (nSPS) is 12.2. The molecule has 0 amide bonds. The quantitative estimate of drug-likeness (QED) is 0.793. The van der Waals surface area contributed by atoms with Crippen molar-refractivity contribution >= 4 is 27.8 Å². The Balaban J connectivity index is 2.13. The summed E-state index contributed by atoms with van der Waals surface area (Å²) in [4.78, 5) is 11.3. The van der Waals surface area contributed by atoms with Gasteiger partial charge >= 0.3 is 12.1 Å². The van der Waals surface area contributed by atoms with Crippen LogP contribution >= 0.6 is 0 Å². The molecule has 5 nitrogen and oxygen atoms in total. The van der Waals surface area contributed by atoms with Gasteiger partial charge in [-0.1, -0.05) is 12.1 Å². The van der Waals surface area contributed by atoms with Gasteiger partial charge < -0.3 is 4.74 Å². The number of hydrogen-bond acceptors (Lipinski definition) is 4. The second-order valence-electron chi connectivity index (χ2n) is 5.14. The number of hydrogen-bond donors (Lipinski definition) is 1. The lowest BCUT2D eigenvalue weighted by Crippen LogP contribution is -2.09. The number of anilines is 1. The van der Waals surface area contributed by atoms with E-state index in [1.54, 1.807) is 0 Å². The highest BCUT2D eigenvalue weighted by atomic mass is 32.2. The maximum absolute atomic E-state index is 12.7. The van der Waals surface area contributed by atoms with Crippen LogP contribution in [-0.2, 0) is 20.9 Å². The van der Waals surface area contributed by atoms with E-state index >= 15 is 0 Å². The molecule has 0 bridgehead atoms. The molecule has 0 radical (unpaired) electrons. The van der Waals surface area contributed by atoms with E-state index in [9.17, 15) is 26.4 Å². The molecule has 2 aromatic carbocycles. The molecule has 0 atom stereocenters. The smallest absolute Gasteiger partial charge is 0.416 e. The summed E-state index contributed by atoms with van der Waals surface area (Å²) in [6.07, 6.45) is -3.46. The van der Waals surface area contributed by atoms with Crippen molar-refractivity contribution in [3.05, 3.63) is 70.6 Å². The first-order valence-electron chi connectivity index (χ1n) is 7.17. The number of halogens is 3. The standard InChI is InChI=1S/C17H14F3NO4S/c1-25-16(22)13-5-7-15(8-6-13)21-26(23,24)10-9-12-3-2-4-14(11-12)17(18,19)20/h2-11,21H,1H3/b10-9+. The zero-order valence-electron chi connectivity index (χ0n) is 13.4. The van der Waals surface area contributed by atoms with Crippen LogP contribution in [0.5, 0.6) is 0 Å². The third-order valence-corrected chi connectivity index (χ3v) is 4.23. The summed E-state index contributed by atoms with van der Waals surface area (Å²) in [6, 6.07) is 9.76. The van der Waals surface area contributed by atoms with Gasteiger partial charge in [-0.05, 0) is 48.0 Å². The zero-order valence-corrected chi connectivity index (χ0v) is 14.3. The summed E-state index contributed by atoms with van der Waals surface area (Å²) >= 11 is 0. The number of sulfonamides is 1. The average molecular weight is 385 g/mol. The first-order valence-corrected chi connectivity index (χ1v) is 8.72. The number of benzene rings is 2. The van der Waals surface area contributed by atoms with E-state index in [-0.39, 0.29) is 16.8 Å². The third kappa shape index (κ3) is 5.35. The molecule has 0 aromatic heterocycles. The first kappa shape index (κ1) is 19.5. The maximum Gasteiger partial charge on any atom is 0.416 e. The van der Waals surface area contributed by atoms with Crippen LogP contribution in [0, 0.1) is 0 Å². The van der Waals surface area contributed by atoms with Crippen molar-refractivity contribution in [2.24, 2.45) is 0 Å². The third-order valence-electron chi connectivity index (χ3n) is 3.22. The number of esters is 1. The molecule has 0 heterocycles. The minimum absolute atomic E-state index is 0.0891. The number of carbonyl (C=O) groups is 1. The Morgan fingerprint density at radius 2 is 1.77 bits per heavy atom. The summed E-state index contributed by atoms with van der Waals surface area (Å²) in [6.45, 7) is 0. The Kier molecular flexibility index (Phi) is 5.71. The summed E-state index contributed by atoms with van der Waals surface area (Å²) in [5.74, 6) is -0.566. The summed E-state index contributed by atoms with van der Waals surface area (Å²) in [5, 5.41) is 0.761. The number of carbonyl (C=O) groups excluding carboxylic acids is 1. The Morgan fingerprint density at radius 1 is 1.12 bits per heavy atom. The molecule has 0 spiro atoms. The van der Waals surface area contributed by atoms with Crippen molar-refractivity contribution < 1.29 is 31.1 Å². The Morgan fingerprint density at radius 3 is 2.35 bits per heavy atom. The highest BCUT2D eigenvalue weighted by Gasteiger charge is 2.30. The topological polar surface area (TPSA) is 72.5 Å². The number of ether oxygens (including phenoxy) is 1. The van der Waals surface area contributed by atoms with Crippen LogP contribution in [0.3, 0.4) is 0 Å². The van der Waals surface area contributed by atoms with Crippen LogP contribution in [0.1, 0.15) is 21.5 Å². The molecular weight excluding hydrogens is 371 g/mol. The average Bonchev–Trinajstić information content (AvgIpc) is 2.59. The number of methoxy groups -OCH3 is 1. The van der Waals surface area contributed by atoms with E-state index in [0.717, 1.165) is 23.6 Å². The molecule has 0 saturated heterocycles. The predicted molar refractivity (Wildman–Crippen MR) is 90.8 cm³/mol. The van der Waals surface area contributed by atoms with Crippen LogP contribution in [0.4, 0.5) is 18.9 Å². The lowest BCUT2D eigenvalue weighted by Gasteiger charge is -2.07. The molecule has 9 heteroatoms. The van der Waals surface area contributed by atoms with Gasteiger partial charge in [-0.2, -0.15) is 13.2 Å². The molecule has 0 aliphatic rings. The minimum atomic E-state index is -4.51. The maximum atomic E-state index is 12.7. The molecule has 0 unspecified atom stereocenters. The Hall–Kier alpha value is -2.81. The molecule has 0 fully saturated rings. The van der Waals surface area contributed by atoms with Gasteiger partial charge in [0.1, 0.15) is 0 Å². The van der Waals surface area contributed by atoms with Crippen molar-refractivity contribution in [3.8, 4) is 0 Å². The van der Waals surface area contributed by atoms with Gasteiger partial charge in [-0.25, -0.2) is 13.2 Å². The van der Waals surface area contributed by atoms with E-state index in [1.807, 2.05) is 0 Å². The van der Waals surface area contributed by atoms with Crippen molar-refractivity contribution in [1.82, 2.24) is 0 Å². The van der Waals surface area contributed by atoms with Crippen molar-refractivity contribution in [3.63, 3.8) is 0 Å². The molecule has 26 heavy (non-hydrogen) atoms. The summed E-state index contributed by atoms with van der Waals surface area (Å²) < 4.78 is 68.8. The van der Waals surface area contributed by atoms with Crippen LogP contribution in [0.25, 0.3) is 6.08 Å². The van der Waals surface area contributed by atoms with Gasteiger partial charge in [0.25, 0.3) is 10.0 Å². The van der Waals surface area contributed by atoms with Crippen LogP contribution in [0.15, 0.2) is 53.9 Å². The molecule has 138 valence electrons. The number of nitrogens with one attached hydrogen (secondary N) is 1. The lowest BCUT2D eigenvalue weighted by atomic mass is 10.1. The molecule has 0 aliphatic carbocycles. The van der Waals surface area contributed by atoms with Crippen molar-refractivity contribution in [2.45, 2.75) is 6.18 Å². The highest BCUT2D eigenvalue weighted by molar-refractivity contribution is 7.95. The highest BCUT2D eigenvalue weighted by Crippen LogP contribution is 2.29. The largest absolute Gasteiger partial charge is 0.465 e. The fourth-order valence-corrected chi connectivity index (χ4v) is 2.85. The van der Waals surface area contributed by atoms with Gasteiger partial charge in [-0.3, -0.25) is 4.72 Å². The molecular formula is C17H14F3NO4S. The van der Waals surface area contributed by atoms with Gasteiger partial charge in [0, 0.05) is 5.69 Å². The van der Waals surface area contributed by atoms with Gasteiger partial charge in [0.05, 0.1) is 23.6 Å². The minimum Gasteiger partial charge on any atom is -0.465 e. The predicted octanol–water partition coefficient (Wildman–Crippen LogP) is 3.90. The fourth-order valence-electron chi connectivity index (χ4n) is 1.98. The van der Waals surface area contributed by atoms with E-state index in [1.165, 1.54) is 43.5 Å². The van der Waals surface area contributed by atoms with Crippen LogP contribution in [0.2, 0.25) is 0 Å². The van der Waals surface area contributed by atoms with E-state index < -0.39 is 27.7 Å².